The minimum absolute atomic E-state index is 0.0712. The third kappa shape index (κ3) is 4.29. The van der Waals surface area contributed by atoms with E-state index in [1.54, 1.807) is 18.1 Å². The van der Waals surface area contributed by atoms with Crippen LogP contribution in [0.15, 0.2) is 45.6 Å². The van der Waals surface area contributed by atoms with Crippen LogP contribution in [0.3, 0.4) is 0 Å². The van der Waals surface area contributed by atoms with E-state index in [1.165, 1.54) is 0 Å². The Hall–Kier alpha value is -3.32. The number of aryl methyl sites for hydroxylation is 1. The van der Waals surface area contributed by atoms with E-state index in [0.717, 1.165) is 24.0 Å². The van der Waals surface area contributed by atoms with Crippen LogP contribution in [0.25, 0.3) is 11.0 Å². The molecule has 7 heteroatoms. The van der Waals surface area contributed by atoms with Gasteiger partial charge in [-0.25, -0.2) is 0 Å². The lowest BCUT2D eigenvalue weighted by Gasteiger charge is -2.28. The van der Waals surface area contributed by atoms with Gasteiger partial charge in [-0.1, -0.05) is 31.5 Å². The molecule has 0 spiro atoms. The summed E-state index contributed by atoms with van der Waals surface area (Å²) in [5, 5.41) is 0.476. The molecule has 0 saturated carbocycles. The Morgan fingerprint density at radius 3 is 2.66 bits per heavy atom. The van der Waals surface area contributed by atoms with E-state index in [1.807, 2.05) is 37.3 Å². The predicted molar refractivity (Wildman–Crippen MR) is 132 cm³/mol. The van der Waals surface area contributed by atoms with Gasteiger partial charge in [0.15, 0.2) is 16.9 Å². The molecule has 0 aliphatic carbocycles. The predicted octanol–water partition coefficient (Wildman–Crippen LogP) is 4.87. The normalized spacial score (nSPS) is 19.6. The van der Waals surface area contributed by atoms with Crippen molar-refractivity contribution >= 4 is 16.9 Å². The van der Waals surface area contributed by atoms with E-state index in [2.05, 4.69) is 13.8 Å². The summed E-state index contributed by atoms with van der Waals surface area (Å²) >= 11 is 0. The first kappa shape index (κ1) is 23.4. The van der Waals surface area contributed by atoms with Crippen LogP contribution in [0.4, 0.5) is 0 Å². The van der Waals surface area contributed by atoms with Gasteiger partial charge in [-0.2, -0.15) is 0 Å². The maximum atomic E-state index is 13.8. The molecule has 0 N–H and O–H groups in total. The monoisotopic (exact) mass is 477 g/mol. The zero-order valence-electron chi connectivity index (χ0n) is 20.6. The molecule has 2 aromatic carbocycles. The SMILES string of the molecule is COc1cc(C2c3c(oc4ccc(C)cc4c3=O)C(=O)N2CC2CCCO2)ccc1OCC(C)C. The average Bonchev–Trinajstić information content (AvgIpc) is 3.45. The van der Waals surface area contributed by atoms with Crippen molar-refractivity contribution in [3.8, 4) is 11.5 Å². The molecule has 1 saturated heterocycles. The Morgan fingerprint density at radius 2 is 1.94 bits per heavy atom. The van der Waals surface area contributed by atoms with Crippen LogP contribution < -0.4 is 14.9 Å². The van der Waals surface area contributed by atoms with Gasteiger partial charge in [0.1, 0.15) is 5.58 Å². The van der Waals surface area contributed by atoms with Crippen molar-refractivity contribution in [1.82, 2.24) is 4.90 Å². The van der Waals surface area contributed by atoms with Gasteiger partial charge in [0.25, 0.3) is 5.91 Å². The third-order valence-electron chi connectivity index (χ3n) is 6.62. The van der Waals surface area contributed by atoms with Gasteiger partial charge in [-0.15, -0.1) is 0 Å². The summed E-state index contributed by atoms with van der Waals surface area (Å²) in [6.45, 7) is 7.71. The maximum absolute atomic E-state index is 13.8. The Balaban J connectivity index is 1.64. The molecule has 0 radical (unpaired) electrons. The number of amides is 1. The fraction of sp³-hybridized carbons (Fsp3) is 0.429. The van der Waals surface area contributed by atoms with Gasteiger partial charge in [-0.05, 0) is 55.5 Å². The van der Waals surface area contributed by atoms with E-state index in [-0.39, 0.29) is 23.2 Å². The van der Waals surface area contributed by atoms with Gasteiger partial charge in [0, 0.05) is 13.2 Å². The first-order valence-electron chi connectivity index (χ1n) is 12.2. The second kappa shape index (κ2) is 9.38. The first-order chi connectivity index (χ1) is 16.9. The fourth-order valence-corrected chi connectivity index (χ4v) is 4.91. The van der Waals surface area contributed by atoms with E-state index < -0.39 is 6.04 Å². The quantitative estimate of drug-likeness (QED) is 0.483. The van der Waals surface area contributed by atoms with E-state index in [0.29, 0.717) is 53.7 Å². The van der Waals surface area contributed by atoms with Crippen molar-refractivity contribution < 1.29 is 23.4 Å². The number of fused-ring (bicyclic) bond motifs is 2. The molecule has 1 fully saturated rings. The number of methoxy groups -OCH3 is 1. The molecular formula is C28H31NO6. The Labute approximate surface area is 204 Å². The van der Waals surface area contributed by atoms with Crippen LogP contribution in [0, 0.1) is 12.8 Å². The molecule has 1 amide bonds. The average molecular weight is 478 g/mol. The summed E-state index contributed by atoms with van der Waals surface area (Å²) in [4.78, 5) is 29.1. The van der Waals surface area contributed by atoms with Gasteiger partial charge in [0.2, 0.25) is 5.76 Å². The van der Waals surface area contributed by atoms with Gasteiger partial charge >= 0.3 is 0 Å². The number of benzene rings is 2. The van der Waals surface area contributed by atoms with Crippen LogP contribution in [-0.4, -0.2) is 43.8 Å². The van der Waals surface area contributed by atoms with E-state index in [4.69, 9.17) is 18.6 Å². The Bertz CT molecular complexity index is 1320. The van der Waals surface area contributed by atoms with Crippen molar-refractivity contribution in [2.45, 2.75) is 45.8 Å². The molecule has 5 rings (SSSR count). The second-order valence-electron chi connectivity index (χ2n) is 9.78. The molecule has 2 atom stereocenters. The molecule has 184 valence electrons. The number of hydrogen-bond acceptors (Lipinski definition) is 6. The summed E-state index contributed by atoms with van der Waals surface area (Å²) < 4.78 is 23.4. The van der Waals surface area contributed by atoms with Gasteiger partial charge in [0.05, 0.1) is 36.8 Å². The van der Waals surface area contributed by atoms with E-state index in [9.17, 15) is 9.59 Å². The Morgan fingerprint density at radius 1 is 1.11 bits per heavy atom. The maximum Gasteiger partial charge on any atom is 0.291 e. The van der Waals surface area contributed by atoms with Gasteiger partial charge in [-0.3, -0.25) is 9.59 Å². The number of carbonyl (C=O) groups is 1. The lowest BCUT2D eigenvalue weighted by atomic mass is 9.97. The highest BCUT2D eigenvalue weighted by Gasteiger charge is 2.44. The molecule has 2 aliphatic heterocycles. The lowest BCUT2D eigenvalue weighted by Crippen LogP contribution is -2.36. The second-order valence-corrected chi connectivity index (χ2v) is 9.78. The topological polar surface area (TPSA) is 78.2 Å². The van der Waals surface area contributed by atoms with Crippen LogP contribution in [-0.2, 0) is 4.74 Å². The zero-order valence-corrected chi connectivity index (χ0v) is 20.6. The number of hydrogen-bond donors (Lipinski definition) is 0. The molecule has 35 heavy (non-hydrogen) atoms. The largest absolute Gasteiger partial charge is 0.493 e. The summed E-state index contributed by atoms with van der Waals surface area (Å²) in [5.41, 5.74) is 2.32. The molecule has 0 bridgehead atoms. The minimum Gasteiger partial charge on any atom is -0.493 e. The summed E-state index contributed by atoms with van der Waals surface area (Å²) in [7, 11) is 1.59. The Kier molecular flexibility index (Phi) is 6.28. The minimum atomic E-state index is -0.601. The van der Waals surface area contributed by atoms with Crippen molar-refractivity contribution in [2.24, 2.45) is 5.92 Å². The van der Waals surface area contributed by atoms with Crippen molar-refractivity contribution in [3.05, 3.63) is 69.1 Å². The highest BCUT2D eigenvalue weighted by molar-refractivity contribution is 5.99. The van der Waals surface area contributed by atoms with Crippen molar-refractivity contribution in [3.63, 3.8) is 0 Å². The first-order valence-corrected chi connectivity index (χ1v) is 12.2. The standard InChI is InChI=1S/C28H31NO6/c1-16(2)15-34-22-10-8-18(13-23(22)32-4)25-24-26(30)20-12-17(3)7-9-21(20)35-27(24)28(31)29(25)14-19-6-5-11-33-19/h7-10,12-13,16,19,25H,5-6,11,14-15H2,1-4H3. The van der Waals surface area contributed by atoms with Crippen LogP contribution >= 0.6 is 0 Å². The van der Waals surface area contributed by atoms with Gasteiger partial charge < -0.3 is 23.5 Å². The smallest absolute Gasteiger partial charge is 0.291 e. The zero-order chi connectivity index (χ0) is 24.7. The highest BCUT2D eigenvalue weighted by atomic mass is 16.5. The number of ether oxygens (including phenoxy) is 3. The van der Waals surface area contributed by atoms with Crippen molar-refractivity contribution in [1.29, 1.82) is 0 Å². The summed E-state index contributed by atoms with van der Waals surface area (Å²) in [6, 6.07) is 10.4. The highest BCUT2D eigenvalue weighted by Crippen LogP contribution is 2.41. The number of nitrogens with zero attached hydrogens (tertiary/aromatic N) is 1. The van der Waals surface area contributed by atoms with Crippen LogP contribution in [0.2, 0.25) is 0 Å². The van der Waals surface area contributed by atoms with Crippen LogP contribution in [0.1, 0.15) is 60.0 Å². The third-order valence-corrected chi connectivity index (χ3v) is 6.62. The van der Waals surface area contributed by atoms with Crippen molar-refractivity contribution in [2.75, 3.05) is 26.9 Å². The van der Waals surface area contributed by atoms with E-state index >= 15 is 0 Å². The molecule has 3 heterocycles. The molecule has 2 unspecified atom stereocenters. The molecule has 7 nitrogen and oxygen atoms in total. The number of carbonyl (C=O) groups excluding carboxylic acids is 1. The molecular weight excluding hydrogens is 446 g/mol. The van der Waals surface area contributed by atoms with Crippen LogP contribution in [0.5, 0.6) is 11.5 Å². The molecule has 2 aliphatic rings. The fourth-order valence-electron chi connectivity index (χ4n) is 4.91. The molecule has 3 aromatic rings. The summed E-state index contributed by atoms with van der Waals surface area (Å²) in [6.07, 6.45) is 1.76. The lowest BCUT2D eigenvalue weighted by molar-refractivity contribution is 0.0486. The molecule has 1 aromatic heterocycles. The summed E-state index contributed by atoms with van der Waals surface area (Å²) in [5.74, 6) is 1.36. The number of rotatable bonds is 7.